The number of hydrogen-bond acceptors (Lipinski definition) is 6. The molecule has 15 heteroatoms. The fraction of sp³-hybridized carbons (Fsp3) is 0.722. The van der Waals surface area contributed by atoms with Crippen LogP contribution >= 0.6 is 0 Å². The van der Waals surface area contributed by atoms with Crippen molar-refractivity contribution in [2.75, 3.05) is 13.1 Å². The molecule has 0 saturated carbocycles. The maximum Gasteiger partial charge on any atom is 0.389 e. The minimum Gasteiger partial charge on any atom is -0.352 e. The van der Waals surface area contributed by atoms with Crippen LogP contribution in [0.5, 0.6) is 0 Å². The van der Waals surface area contributed by atoms with Gasteiger partial charge in [0.05, 0.1) is 6.04 Å². The number of likely N-dealkylation sites (tertiary alicyclic amines) is 1. The van der Waals surface area contributed by atoms with Crippen LogP contribution in [0.15, 0.2) is 25.3 Å². The van der Waals surface area contributed by atoms with Crippen molar-refractivity contribution in [2.45, 2.75) is 125 Å². The van der Waals surface area contributed by atoms with Crippen LogP contribution < -0.4 is 26.6 Å². The number of Topliss-reactive ketones (excluding diaryl/α,β-unsaturated/α-hetero) is 1. The first-order chi connectivity index (χ1) is 23.3. The minimum absolute atomic E-state index is 0.00625. The lowest BCUT2D eigenvalue weighted by atomic mass is 9.78. The Morgan fingerprint density at radius 3 is 1.86 bits per heavy atom. The molecule has 6 amide bonds. The molecule has 51 heavy (non-hydrogen) atoms. The summed E-state index contributed by atoms with van der Waals surface area (Å²) >= 11 is 0. The van der Waals surface area contributed by atoms with Crippen molar-refractivity contribution in [1.29, 1.82) is 0 Å². The smallest absolute Gasteiger partial charge is 0.352 e. The number of carbonyl (C=O) groups excluding carboxylic acids is 6. The van der Waals surface area contributed by atoms with Gasteiger partial charge in [0.15, 0.2) is 0 Å². The Bertz CT molecular complexity index is 1290. The van der Waals surface area contributed by atoms with Crippen molar-refractivity contribution < 1.29 is 41.9 Å². The van der Waals surface area contributed by atoms with Gasteiger partial charge in [0.2, 0.25) is 23.5 Å². The lowest BCUT2D eigenvalue weighted by molar-refractivity contribution is -0.147. The van der Waals surface area contributed by atoms with E-state index in [1.807, 2.05) is 13.8 Å². The Hall–Kier alpha value is -3.91. The Kier molecular flexibility index (Phi) is 16.4. The fourth-order valence-electron chi connectivity index (χ4n) is 6.09. The predicted octanol–water partition coefficient (Wildman–Crippen LogP) is 4.01. The molecule has 0 aromatic rings. The normalized spacial score (nSPS) is 20.4. The van der Waals surface area contributed by atoms with Crippen molar-refractivity contribution in [1.82, 2.24) is 31.5 Å². The van der Waals surface area contributed by atoms with Crippen molar-refractivity contribution in [3.05, 3.63) is 25.3 Å². The zero-order valence-electron chi connectivity index (χ0n) is 31.8. The van der Waals surface area contributed by atoms with E-state index < -0.39 is 101 Å². The first-order valence-corrected chi connectivity index (χ1v) is 17.4. The highest BCUT2D eigenvalue weighted by Crippen LogP contribution is 2.39. The molecule has 0 bridgehead atoms. The predicted molar refractivity (Wildman–Crippen MR) is 189 cm³/mol. The summed E-state index contributed by atoms with van der Waals surface area (Å²) in [6.07, 6.45) is -3.58. The topological polar surface area (TPSA) is 166 Å². The molecule has 1 heterocycles. The molecule has 0 aliphatic carbocycles. The largest absolute Gasteiger partial charge is 0.389 e. The van der Waals surface area contributed by atoms with Gasteiger partial charge >= 0.3 is 12.2 Å². The highest BCUT2D eigenvalue weighted by atomic mass is 19.4. The highest BCUT2D eigenvalue weighted by molar-refractivity contribution is 6.38. The second-order valence-corrected chi connectivity index (χ2v) is 15.8. The zero-order chi connectivity index (χ0) is 39.6. The second kappa shape index (κ2) is 18.5. The van der Waals surface area contributed by atoms with E-state index in [9.17, 15) is 41.9 Å². The minimum atomic E-state index is -4.68. The van der Waals surface area contributed by atoms with Gasteiger partial charge in [-0.05, 0) is 48.9 Å². The van der Waals surface area contributed by atoms with E-state index in [1.54, 1.807) is 61.5 Å². The summed E-state index contributed by atoms with van der Waals surface area (Å²) in [5, 5.41) is 12.8. The number of nitrogens with zero attached hydrogens (tertiary/aromatic N) is 1. The van der Waals surface area contributed by atoms with Gasteiger partial charge in [0, 0.05) is 25.6 Å². The maximum atomic E-state index is 14.5. The van der Waals surface area contributed by atoms with Crippen LogP contribution in [0.25, 0.3) is 0 Å². The number of nitrogens with one attached hydrogen (secondary N) is 5. The van der Waals surface area contributed by atoms with Crippen LogP contribution in [0.4, 0.5) is 18.0 Å². The van der Waals surface area contributed by atoms with Gasteiger partial charge in [0.25, 0.3) is 5.91 Å². The van der Waals surface area contributed by atoms with Crippen molar-refractivity contribution in [3.8, 4) is 0 Å². The number of ketones is 1. The summed E-state index contributed by atoms with van der Waals surface area (Å²) in [6.45, 7) is 25.0. The van der Waals surface area contributed by atoms with E-state index in [1.165, 1.54) is 11.0 Å². The monoisotopic (exact) mass is 728 g/mol. The van der Waals surface area contributed by atoms with Crippen molar-refractivity contribution in [3.63, 3.8) is 0 Å². The molecule has 0 spiro atoms. The van der Waals surface area contributed by atoms with E-state index in [4.69, 9.17) is 0 Å². The van der Waals surface area contributed by atoms with Crippen LogP contribution in [0.3, 0.4) is 0 Å². The number of alkyl halides is 3. The number of halogens is 3. The quantitative estimate of drug-likeness (QED) is 0.119. The summed E-state index contributed by atoms with van der Waals surface area (Å²) in [7, 11) is 0. The van der Waals surface area contributed by atoms with E-state index in [2.05, 4.69) is 39.7 Å². The van der Waals surface area contributed by atoms with E-state index in [0.29, 0.717) is 6.42 Å². The maximum absolute atomic E-state index is 14.5. The van der Waals surface area contributed by atoms with E-state index >= 15 is 0 Å². The van der Waals surface area contributed by atoms with Gasteiger partial charge in [-0.2, -0.15) is 13.2 Å². The molecule has 0 radical (unpaired) electrons. The Balaban J connectivity index is 3.62. The van der Waals surface area contributed by atoms with Crippen LogP contribution in [0, 0.1) is 28.6 Å². The Morgan fingerprint density at radius 2 is 1.41 bits per heavy atom. The van der Waals surface area contributed by atoms with Gasteiger partial charge in [-0.15, -0.1) is 13.2 Å². The molecule has 0 aromatic carbocycles. The standard InChI is InChI=1S/C36H59F3N6O6/c1-13-18-40-30(48)26(46)23(16-17-36(37,38)39)42-29(47)25-24(21(6)14-2)22(15-3)19-45(25)32(50)28(35(10,11)12)44-33(51)43-27(34(7,8)9)31(49)41-20(4)5/h13,15,20-25,27-28H,1,3,14,16-19H2,2,4-12H3,(H,40,48)(H,41,49)(H,42,47)(H2,43,44,51)/t21?,22?,23?,24-,25-,27+,28+/m0/s1. The fourth-order valence-corrected chi connectivity index (χ4v) is 6.09. The summed E-state index contributed by atoms with van der Waals surface area (Å²) in [5.41, 5.74) is -1.64. The first-order valence-electron chi connectivity index (χ1n) is 17.4. The number of urea groups is 1. The summed E-state index contributed by atoms with van der Waals surface area (Å²) in [4.78, 5) is 82.0. The molecule has 1 aliphatic heterocycles. The number of hydrogen-bond donors (Lipinski definition) is 5. The van der Waals surface area contributed by atoms with E-state index in [0.717, 1.165) is 0 Å². The van der Waals surface area contributed by atoms with Gasteiger partial charge in [0.1, 0.15) is 18.1 Å². The van der Waals surface area contributed by atoms with Gasteiger partial charge in [-0.1, -0.05) is 74.0 Å². The molecule has 7 atom stereocenters. The SMILES string of the molecule is C=CCNC(=O)C(=O)C(CCC(F)(F)F)NC(=O)[C@@H]1[C@@H](C(C)CC)C(C=C)CN1C(=O)[C@@H](NC(=O)N[C@H](C(=O)NC(C)C)C(C)(C)C)C(C)(C)C. The van der Waals surface area contributed by atoms with Gasteiger partial charge in [-0.25, -0.2) is 4.79 Å². The van der Waals surface area contributed by atoms with Crippen molar-refractivity contribution in [2.24, 2.45) is 28.6 Å². The Labute approximate surface area is 300 Å². The lowest BCUT2D eigenvalue weighted by Crippen LogP contribution is -2.63. The third-order valence-corrected chi connectivity index (χ3v) is 8.96. The van der Waals surface area contributed by atoms with E-state index in [-0.39, 0.29) is 25.0 Å². The molecule has 12 nitrogen and oxygen atoms in total. The van der Waals surface area contributed by atoms with Crippen LogP contribution in [0.2, 0.25) is 0 Å². The molecular weight excluding hydrogens is 669 g/mol. The van der Waals surface area contributed by atoms with Crippen LogP contribution in [-0.4, -0.2) is 89.8 Å². The van der Waals surface area contributed by atoms with Crippen LogP contribution in [0.1, 0.15) is 88.5 Å². The highest BCUT2D eigenvalue weighted by Gasteiger charge is 2.52. The zero-order valence-corrected chi connectivity index (χ0v) is 31.8. The third kappa shape index (κ3) is 13.3. The molecule has 1 saturated heterocycles. The second-order valence-electron chi connectivity index (χ2n) is 15.8. The first kappa shape index (κ1) is 45.1. The number of rotatable bonds is 16. The summed E-state index contributed by atoms with van der Waals surface area (Å²) in [6, 6.07) is -6.35. The molecule has 1 aliphatic rings. The molecule has 1 rings (SSSR count). The van der Waals surface area contributed by atoms with Gasteiger partial charge in [-0.3, -0.25) is 24.0 Å². The molecule has 5 N–H and O–H groups in total. The molecule has 0 aromatic heterocycles. The van der Waals surface area contributed by atoms with Gasteiger partial charge < -0.3 is 31.5 Å². The average molecular weight is 729 g/mol. The summed E-state index contributed by atoms with van der Waals surface area (Å²) in [5.74, 6) is -5.64. The molecular formula is C36H59F3N6O6. The molecule has 290 valence electrons. The third-order valence-electron chi connectivity index (χ3n) is 8.96. The Morgan fingerprint density at radius 1 is 0.863 bits per heavy atom. The molecule has 3 unspecified atom stereocenters. The average Bonchev–Trinajstić information content (AvgIpc) is 3.40. The summed E-state index contributed by atoms with van der Waals surface area (Å²) < 4.78 is 39.9. The molecule has 1 fully saturated rings. The van der Waals surface area contributed by atoms with Crippen molar-refractivity contribution >= 4 is 35.4 Å². The van der Waals surface area contributed by atoms with Crippen LogP contribution in [-0.2, 0) is 24.0 Å². The number of carbonyl (C=O) groups is 6. The lowest BCUT2D eigenvalue weighted by Gasteiger charge is -2.38. The number of amides is 6.